The predicted molar refractivity (Wildman–Crippen MR) is 107 cm³/mol. The molecule has 6 heteroatoms. The van der Waals surface area contributed by atoms with E-state index in [-0.39, 0.29) is 6.03 Å². The van der Waals surface area contributed by atoms with Crippen LogP contribution in [0, 0.1) is 6.92 Å². The first-order valence-electron chi connectivity index (χ1n) is 9.16. The van der Waals surface area contributed by atoms with Crippen molar-refractivity contribution in [1.29, 1.82) is 0 Å². The third-order valence-electron chi connectivity index (χ3n) is 4.83. The van der Waals surface area contributed by atoms with Gasteiger partial charge in [-0.15, -0.1) is 0 Å². The lowest BCUT2D eigenvalue weighted by Crippen LogP contribution is -2.51. The number of piperazine rings is 1. The summed E-state index contributed by atoms with van der Waals surface area (Å²) in [6.45, 7) is 5.66. The molecule has 0 radical (unpaired) electrons. The van der Waals surface area contributed by atoms with E-state index in [1.165, 1.54) is 11.3 Å². The van der Waals surface area contributed by atoms with Crippen LogP contribution in [0.5, 0.6) is 11.5 Å². The number of benzene rings is 2. The van der Waals surface area contributed by atoms with Gasteiger partial charge in [0.15, 0.2) is 11.5 Å². The van der Waals surface area contributed by atoms with Gasteiger partial charge in [-0.3, -0.25) is 0 Å². The Kier molecular flexibility index (Phi) is 6.06. The predicted octanol–water partition coefficient (Wildman–Crippen LogP) is 3.04. The summed E-state index contributed by atoms with van der Waals surface area (Å²) in [5, 5.41) is 2.99. The summed E-state index contributed by atoms with van der Waals surface area (Å²) in [4.78, 5) is 16.7. The quantitative estimate of drug-likeness (QED) is 0.880. The number of ether oxygens (including phenoxy) is 2. The van der Waals surface area contributed by atoms with Crippen LogP contribution in [0.4, 0.5) is 10.5 Å². The Bertz CT molecular complexity index is 786. The van der Waals surface area contributed by atoms with Gasteiger partial charge in [0, 0.05) is 38.4 Å². The lowest BCUT2D eigenvalue weighted by Gasteiger charge is -2.36. The highest BCUT2D eigenvalue weighted by Crippen LogP contribution is 2.27. The van der Waals surface area contributed by atoms with Crippen molar-refractivity contribution in [3.05, 3.63) is 53.6 Å². The molecule has 0 saturated carbocycles. The zero-order valence-electron chi connectivity index (χ0n) is 16.2. The number of urea groups is 1. The number of nitrogens with zero attached hydrogens (tertiary/aromatic N) is 2. The second-order valence-corrected chi connectivity index (χ2v) is 6.66. The van der Waals surface area contributed by atoms with Gasteiger partial charge in [-0.05, 0) is 42.3 Å². The number of anilines is 1. The minimum Gasteiger partial charge on any atom is -0.493 e. The lowest BCUT2D eigenvalue weighted by atomic mass is 10.2. The first-order valence-corrected chi connectivity index (χ1v) is 9.16. The van der Waals surface area contributed by atoms with Gasteiger partial charge in [-0.1, -0.05) is 18.2 Å². The lowest BCUT2D eigenvalue weighted by molar-refractivity contribution is 0.194. The highest BCUT2D eigenvalue weighted by molar-refractivity contribution is 5.74. The average Bonchev–Trinajstić information content (AvgIpc) is 2.71. The summed E-state index contributed by atoms with van der Waals surface area (Å²) >= 11 is 0. The molecule has 1 N–H and O–H groups in total. The van der Waals surface area contributed by atoms with Crippen molar-refractivity contribution in [3.63, 3.8) is 0 Å². The molecule has 1 saturated heterocycles. The van der Waals surface area contributed by atoms with Crippen LogP contribution in [0.25, 0.3) is 0 Å². The molecule has 2 amide bonds. The molecule has 1 aliphatic heterocycles. The molecule has 0 unspecified atom stereocenters. The van der Waals surface area contributed by atoms with E-state index in [1.54, 1.807) is 14.2 Å². The molecule has 6 nitrogen and oxygen atoms in total. The fourth-order valence-corrected chi connectivity index (χ4v) is 3.27. The maximum Gasteiger partial charge on any atom is 0.317 e. The molecule has 2 aromatic rings. The van der Waals surface area contributed by atoms with E-state index < -0.39 is 0 Å². The van der Waals surface area contributed by atoms with Crippen molar-refractivity contribution in [3.8, 4) is 11.5 Å². The summed E-state index contributed by atoms with van der Waals surface area (Å²) in [5.74, 6) is 1.34. The van der Waals surface area contributed by atoms with E-state index in [9.17, 15) is 4.79 Å². The number of amides is 2. The van der Waals surface area contributed by atoms with Crippen LogP contribution in [0.15, 0.2) is 42.5 Å². The molecular weight excluding hydrogens is 342 g/mol. The number of hydrogen-bond donors (Lipinski definition) is 1. The Labute approximate surface area is 160 Å². The van der Waals surface area contributed by atoms with Crippen molar-refractivity contribution in [2.45, 2.75) is 13.5 Å². The molecule has 3 rings (SSSR count). The van der Waals surface area contributed by atoms with Crippen LogP contribution in [0.3, 0.4) is 0 Å². The van der Waals surface area contributed by atoms with Crippen LogP contribution < -0.4 is 19.7 Å². The summed E-state index contributed by atoms with van der Waals surface area (Å²) in [5.41, 5.74) is 3.45. The molecule has 0 spiro atoms. The third-order valence-corrected chi connectivity index (χ3v) is 4.83. The van der Waals surface area contributed by atoms with Gasteiger partial charge in [0.1, 0.15) is 0 Å². The van der Waals surface area contributed by atoms with Gasteiger partial charge < -0.3 is 24.6 Å². The number of aryl methyl sites for hydroxylation is 1. The minimum atomic E-state index is -0.0336. The van der Waals surface area contributed by atoms with Gasteiger partial charge in [-0.2, -0.15) is 0 Å². The van der Waals surface area contributed by atoms with Crippen LogP contribution >= 0.6 is 0 Å². The van der Waals surface area contributed by atoms with Gasteiger partial charge in [-0.25, -0.2) is 4.79 Å². The molecular formula is C21H27N3O3. The molecule has 1 aliphatic rings. The monoisotopic (exact) mass is 369 g/mol. The number of hydrogen-bond acceptors (Lipinski definition) is 4. The Morgan fingerprint density at radius 3 is 2.41 bits per heavy atom. The van der Waals surface area contributed by atoms with E-state index >= 15 is 0 Å². The molecule has 27 heavy (non-hydrogen) atoms. The van der Waals surface area contributed by atoms with E-state index in [0.717, 1.165) is 18.7 Å². The minimum absolute atomic E-state index is 0.0336. The smallest absolute Gasteiger partial charge is 0.317 e. The third kappa shape index (κ3) is 4.64. The number of carbonyl (C=O) groups excluding carboxylic acids is 1. The summed E-state index contributed by atoms with van der Waals surface area (Å²) < 4.78 is 10.5. The molecule has 1 heterocycles. The second-order valence-electron chi connectivity index (χ2n) is 6.66. The number of rotatable bonds is 5. The summed E-state index contributed by atoms with van der Waals surface area (Å²) in [6.07, 6.45) is 0. The number of carbonyl (C=O) groups is 1. The summed E-state index contributed by atoms with van der Waals surface area (Å²) in [7, 11) is 3.21. The summed E-state index contributed by atoms with van der Waals surface area (Å²) in [6, 6.07) is 14.1. The normalized spacial score (nSPS) is 14.0. The van der Waals surface area contributed by atoms with Gasteiger partial charge >= 0.3 is 6.03 Å². The Hall–Kier alpha value is -2.89. The van der Waals surface area contributed by atoms with Crippen molar-refractivity contribution < 1.29 is 14.3 Å². The van der Waals surface area contributed by atoms with E-state index in [2.05, 4.69) is 41.4 Å². The highest BCUT2D eigenvalue weighted by atomic mass is 16.5. The molecule has 144 valence electrons. The maximum absolute atomic E-state index is 12.5. The SMILES string of the molecule is COc1ccc(CNC(=O)N2CCN(c3cccc(C)c3)CC2)cc1OC. The molecule has 0 atom stereocenters. The van der Waals surface area contributed by atoms with Crippen molar-refractivity contribution in [2.24, 2.45) is 0 Å². The van der Waals surface area contributed by atoms with E-state index in [0.29, 0.717) is 31.1 Å². The van der Waals surface area contributed by atoms with E-state index in [4.69, 9.17) is 9.47 Å². The van der Waals surface area contributed by atoms with Crippen molar-refractivity contribution >= 4 is 11.7 Å². The van der Waals surface area contributed by atoms with Crippen LogP contribution in [0.2, 0.25) is 0 Å². The van der Waals surface area contributed by atoms with Gasteiger partial charge in [0.2, 0.25) is 0 Å². The second kappa shape index (κ2) is 8.66. The Morgan fingerprint density at radius 2 is 1.74 bits per heavy atom. The number of methoxy groups -OCH3 is 2. The average molecular weight is 369 g/mol. The Morgan fingerprint density at radius 1 is 1.00 bits per heavy atom. The first-order chi connectivity index (χ1) is 13.1. The molecule has 0 bridgehead atoms. The number of nitrogens with one attached hydrogen (secondary N) is 1. The molecule has 2 aromatic carbocycles. The van der Waals surface area contributed by atoms with Crippen LogP contribution in [0.1, 0.15) is 11.1 Å². The Balaban J connectivity index is 1.51. The molecule has 1 fully saturated rings. The standard InChI is InChI=1S/C21H27N3O3/c1-16-5-4-6-18(13-16)23-9-11-24(12-10-23)21(25)22-15-17-7-8-19(26-2)20(14-17)27-3/h4-8,13-14H,9-12,15H2,1-3H3,(H,22,25). The molecule has 0 aliphatic carbocycles. The first kappa shape index (κ1) is 18.9. The molecule has 0 aromatic heterocycles. The fraction of sp³-hybridized carbons (Fsp3) is 0.381. The van der Waals surface area contributed by atoms with E-state index in [1.807, 2.05) is 23.1 Å². The topological polar surface area (TPSA) is 54.0 Å². The zero-order valence-corrected chi connectivity index (χ0v) is 16.2. The largest absolute Gasteiger partial charge is 0.493 e. The van der Waals surface area contributed by atoms with Crippen molar-refractivity contribution in [2.75, 3.05) is 45.3 Å². The fourth-order valence-electron chi connectivity index (χ4n) is 3.27. The van der Waals surface area contributed by atoms with Crippen molar-refractivity contribution in [1.82, 2.24) is 10.2 Å². The van der Waals surface area contributed by atoms with Gasteiger partial charge in [0.05, 0.1) is 14.2 Å². The van der Waals surface area contributed by atoms with Crippen LogP contribution in [-0.4, -0.2) is 51.3 Å². The highest BCUT2D eigenvalue weighted by Gasteiger charge is 2.21. The van der Waals surface area contributed by atoms with Crippen LogP contribution in [-0.2, 0) is 6.54 Å². The van der Waals surface area contributed by atoms with Gasteiger partial charge in [0.25, 0.3) is 0 Å². The maximum atomic E-state index is 12.5. The zero-order chi connectivity index (χ0) is 19.2.